The fourth-order valence-electron chi connectivity index (χ4n) is 3.36. The van der Waals surface area contributed by atoms with E-state index in [4.69, 9.17) is 32.7 Å². The normalized spacial score (nSPS) is 11.3. The van der Waals surface area contributed by atoms with E-state index in [1.165, 1.54) is 62.6 Å². The van der Waals surface area contributed by atoms with Crippen molar-refractivity contribution in [1.29, 1.82) is 0 Å². The molecule has 0 aliphatic rings. The summed E-state index contributed by atoms with van der Waals surface area (Å²) in [4.78, 5) is 23.8. The van der Waals surface area contributed by atoms with Crippen molar-refractivity contribution in [2.24, 2.45) is 0 Å². The van der Waals surface area contributed by atoms with Crippen molar-refractivity contribution >= 4 is 61.5 Å². The van der Waals surface area contributed by atoms with E-state index >= 15 is 0 Å². The summed E-state index contributed by atoms with van der Waals surface area (Å²) in [5.41, 5.74) is 0.942. The molecule has 0 aliphatic heterocycles. The summed E-state index contributed by atoms with van der Waals surface area (Å²) in [6.45, 7) is 0.926. The second-order valence-corrected chi connectivity index (χ2v) is 10.2. The van der Waals surface area contributed by atoms with E-state index < -0.39 is 22.4 Å². The molecule has 36 heavy (non-hydrogen) atoms. The lowest BCUT2D eigenvalue weighted by molar-refractivity contribution is -0.114. The molecule has 0 fully saturated rings. The topological polar surface area (TPSA) is 117 Å². The first kappa shape index (κ1) is 25.5. The Labute approximate surface area is 216 Å². The number of benzene rings is 3. The van der Waals surface area contributed by atoms with Crippen LogP contribution in [0.2, 0.25) is 10.0 Å². The molecule has 0 saturated heterocycles. The van der Waals surface area contributed by atoms with Crippen LogP contribution in [0.4, 0.5) is 5.69 Å². The van der Waals surface area contributed by atoms with Crippen molar-refractivity contribution < 1.29 is 27.5 Å². The van der Waals surface area contributed by atoms with Crippen LogP contribution in [0.5, 0.6) is 11.6 Å². The molecule has 4 aromatic rings. The minimum Gasteiger partial charge on any atom is -0.497 e. The lowest BCUT2D eigenvalue weighted by Crippen LogP contribution is -2.16. The highest BCUT2D eigenvalue weighted by molar-refractivity contribution is 7.90. The average molecular weight is 548 g/mol. The maximum atomic E-state index is 13.4. The number of hydrogen-bond donors (Lipinski definition) is 1. The average Bonchev–Trinajstić information content (AvgIpc) is 3.22. The Hall–Kier alpha value is -3.60. The van der Waals surface area contributed by atoms with E-state index in [0.717, 1.165) is 4.09 Å². The van der Waals surface area contributed by atoms with Gasteiger partial charge in [0.25, 0.3) is 10.0 Å². The molecule has 1 N–H and O–H groups in total. The summed E-state index contributed by atoms with van der Waals surface area (Å²) in [5, 5.41) is 7.60. The van der Waals surface area contributed by atoms with Crippen LogP contribution in [0, 0.1) is 0 Å². The Bertz CT molecular complexity index is 1580. The minimum absolute atomic E-state index is 0.0600. The van der Waals surface area contributed by atoms with Gasteiger partial charge < -0.3 is 14.8 Å². The maximum Gasteiger partial charge on any atom is 0.283 e. The molecule has 1 amide bonds. The summed E-state index contributed by atoms with van der Waals surface area (Å²) in [7, 11) is -2.69. The number of halogens is 2. The third-order valence-corrected chi connectivity index (χ3v) is 7.44. The first-order chi connectivity index (χ1) is 17.1. The summed E-state index contributed by atoms with van der Waals surface area (Å²) >= 11 is 11.9. The van der Waals surface area contributed by atoms with Gasteiger partial charge in [0, 0.05) is 18.2 Å². The number of carbonyl (C=O) groups excluding carboxylic acids is 2. The van der Waals surface area contributed by atoms with Crippen molar-refractivity contribution in [1.82, 2.24) is 9.19 Å². The fraction of sp³-hybridized carbons (Fsp3) is 0.125. The van der Waals surface area contributed by atoms with Gasteiger partial charge in [0.2, 0.25) is 11.8 Å². The van der Waals surface area contributed by atoms with Crippen LogP contribution in [0.25, 0.3) is 10.9 Å². The predicted molar refractivity (Wildman–Crippen MR) is 136 cm³/mol. The highest BCUT2D eigenvalue weighted by atomic mass is 35.5. The van der Waals surface area contributed by atoms with Crippen molar-refractivity contribution in [3.05, 3.63) is 76.3 Å². The Morgan fingerprint density at radius 2 is 1.72 bits per heavy atom. The Morgan fingerprint density at radius 3 is 2.36 bits per heavy atom. The first-order valence-corrected chi connectivity index (χ1v) is 12.6. The molecule has 1 aromatic heterocycles. The zero-order valence-electron chi connectivity index (χ0n) is 19.0. The Morgan fingerprint density at radius 1 is 1.00 bits per heavy atom. The van der Waals surface area contributed by atoms with Gasteiger partial charge in [-0.2, -0.15) is 8.42 Å². The van der Waals surface area contributed by atoms with E-state index in [-0.39, 0.29) is 32.8 Å². The molecule has 12 heteroatoms. The number of hydrogen-bond acceptors (Lipinski definition) is 7. The van der Waals surface area contributed by atoms with Crippen LogP contribution in [0.1, 0.15) is 17.3 Å². The molecule has 1 heterocycles. The van der Waals surface area contributed by atoms with Gasteiger partial charge in [-0.3, -0.25) is 9.59 Å². The van der Waals surface area contributed by atoms with Gasteiger partial charge in [0.1, 0.15) is 5.75 Å². The summed E-state index contributed by atoms with van der Waals surface area (Å²) in [6.07, 6.45) is 0. The first-order valence-electron chi connectivity index (χ1n) is 10.4. The number of ether oxygens (including phenoxy) is 2. The number of fused-ring (bicyclic) bond motifs is 1. The van der Waals surface area contributed by atoms with Crippen LogP contribution in [-0.4, -0.2) is 43.0 Å². The predicted octanol–water partition coefficient (Wildman–Crippen LogP) is 4.81. The molecule has 0 unspecified atom stereocenters. The summed E-state index contributed by atoms with van der Waals surface area (Å²) < 4.78 is 38.6. The van der Waals surface area contributed by atoms with Crippen LogP contribution in [0.15, 0.2) is 65.6 Å². The number of methoxy groups -OCH3 is 1. The zero-order valence-corrected chi connectivity index (χ0v) is 21.3. The molecule has 3 aromatic carbocycles. The minimum atomic E-state index is -4.16. The SMILES string of the molecule is COc1ccc2c(c1)c(OCC(=O)c1ccc(Cl)c(Cl)c1)nn2S(=O)(=O)c1ccc(NC(C)=O)cc1. The standard InChI is InChI=1S/C24H19Cl2N3O6S/c1-14(30)27-16-4-7-18(8-5-16)36(32,33)29-22-10-6-17(34-2)12-19(22)24(28-29)35-13-23(31)15-3-9-20(25)21(26)11-15/h3-12H,13H2,1-2H3,(H,27,30). The Balaban J connectivity index is 1.70. The molecule has 186 valence electrons. The van der Waals surface area contributed by atoms with Gasteiger partial charge in [-0.25, -0.2) is 0 Å². The van der Waals surface area contributed by atoms with E-state index in [1.54, 1.807) is 12.1 Å². The lowest BCUT2D eigenvalue weighted by Gasteiger charge is -2.07. The van der Waals surface area contributed by atoms with E-state index in [9.17, 15) is 18.0 Å². The number of anilines is 1. The van der Waals surface area contributed by atoms with Crippen molar-refractivity contribution in [3.8, 4) is 11.6 Å². The van der Waals surface area contributed by atoms with E-state index in [0.29, 0.717) is 21.8 Å². The van der Waals surface area contributed by atoms with E-state index in [1.807, 2.05) is 0 Å². The van der Waals surface area contributed by atoms with Gasteiger partial charge in [0.15, 0.2) is 12.4 Å². The number of nitrogens with one attached hydrogen (secondary N) is 1. The van der Waals surface area contributed by atoms with Crippen LogP contribution in [-0.2, 0) is 14.8 Å². The zero-order chi connectivity index (χ0) is 26.0. The molecule has 0 radical (unpaired) electrons. The number of aromatic nitrogens is 2. The molecular formula is C24H19Cl2N3O6S. The van der Waals surface area contributed by atoms with E-state index in [2.05, 4.69) is 10.4 Å². The Kier molecular flexibility index (Phi) is 7.21. The van der Waals surface area contributed by atoms with Crippen molar-refractivity contribution in [2.75, 3.05) is 19.0 Å². The molecule has 0 spiro atoms. The lowest BCUT2D eigenvalue weighted by atomic mass is 10.1. The number of carbonyl (C=O) groups is 2. The second-order valence-electron chi connectivity index (χ2n) is 7.58. The monoisotopic (exact) mass is 547 g/mol. The third kappa shape index (κ3) is 5.15. The van der Waals surface area contributed by atoms with Gasteiger partial charge >= 0.3 is 0 Å². The molecule has 4 rings (SSSR count). The maximum absolute atomic E-state index is 13.4. The van der Waals surface area contributed by atoms with Gasteiger partial charge in [-0.1, -0.05) is 23.2 Å². The van der Waals surface area contributed by atoms with Gasteiger partial charge in [-0.15, -0.1) is 9.19 Å². The number of nitrogens with zero attached hydrogens (tertiary/aromatic N) is 2. The quantitative estimate of drug-likeness (QED) is 0.314. The highest BCUT2D eigenvalue weighted by Crippen LogP contribution is 2.32. The number of ketones is 1. The van der Waals surface area contributed by atoms with Crippen LogP contribution < -0.4 is 14.8 Å². The number of rotatable bonds is 8. The number of Topliss-reactive ketones (excluding diaryl/α,β-unsaturated/α-hetero) is 1. The van der Waals surface area contributed by atoms with Gasteiger partial charge in [-0.05, 0) is 60.7 Å². The molecule has 0 saturated carbocycles. The molecular weight excluding hydrogens is 529 g/mol. The fourth-order valence-corrected chi connectivity index (χ4v) is 4.94. The van der Waals surface area contributed by atoms with Crippen LogP contribution >= 0.6 is 23.2 Å². The summed E-state index contributed by atoms with van der Waals surface area (Å²) in [6, 6.07) is 14.7. The van der Waals surface area contributed by atoms with Crippen molar-refractivity contribution in [3.63, 3.8) is 0 Å². The largest absolute Gasteiger partial charge is 0.497 e. The number of amides is 1. The molecule has 9 nitrogen and oxygen atoms in total. The third-order valence-electron chi connectivity index (χ3n) is 5.10. The smallest absolute Gasteiger partial charge is 0.283 e. The molecule has 0 aliphatic carbocycles. The molecule has 0 atom stereocenters. The second kappa shape index (κ2) is 10.2. The van der Waals surface area contributed by atoms with Gasteiger partial charge in [0.05, 0.1) is 33.0 Å². The van der Waals surface area contributed by atoms with Crippen LogP contribution in [0.3, 0.4) is 0 Å². The molecule has 0 bridgehead atoms. The van der Waals surface area contributed by atoms with Crippen molar-refractivity contribution in [2.45, 2.75) is 11.8 Å². The highest BCUT2D eigenvalue weighted by Gasteiger charge is 2.25. The summed E-state index contributed by atoms with van der Waals surface area (Å²) in [5.74, 6) is -0.319.